The monoisotopic (exact) mass is 261 g/mol. The van der Waals surface area contributed by atoms with Crippen LogP contribution in [0, 0.1) is 10.1 Å². The smallest absolute Gasteiger partial charge is 0.297 e. The Morgan fingerprint density at radius 1 is 1.62 bits per heavy atom. The van der Waals surface area contributed by atoms with Crippen LogP contribution in [0.1, 0.15) is 4.88 Å². The maximum absolute atomic E-state index is 10.3. The van der Waals surface area contributed by atoms with Crippen molar-refractivity contribution in [1.29, 1.82) is 0 Å². The number of nitro groups is 1. The maximum Gasteiger partial charge on any atom is 0.324 e. The van der Waals surface area contributed by atoms with Gasteiger partial charge in [-0.2, -0.15) is 0 Å². The first-order valence-electron chi connectivity index (χ1n) is 3.20. The van der Waals surface area contributed by atoms with Gasteiger partial charge in [0, 0.05) is 10.9 Å². The van der Waals surface area contributed by atoms with E-state index in [9.17, 15) is 14.9 Å². The second kappa shape index (κ2) is 4.29. The average molecular weight is 262 g/mol. The van der Waals surface area contributed by atoms with Crippen molar-refractivity contribution in [2.45, 2.75) is 0 Å². The number of aldehydes is 1. The Bertz CT molecular complexity index is 372. The topological polar surface area (TPSA) is 60.2 Å². The molecule has 68 valence electrons. The van der Waals surface area contributed by atoms with Crippen molar-refractivity contribution in [1.82, 2.24) is 0 Å². The molecule has 1 rings (SSSR count). The zero-order chi connectivity index (χ0) is 9.84. The van der Waals surface area contributed by atoms with Gasteiger partial charge in [0.2, 0.25) is 0 Å². The van der Waals surface area contributed by atoms with Crippen molar-refractivity contribution in [3.8, 4) is 0 Å². The molecule has 0 amide bonds. The number of rotatable bonds is 3. The molecule has 0 N–H and O–H groups in total. The SMILES string of the molecule is O=C/C(Br)=C/c1ccc([N+](=O)[O-])s1. The van der Waals surface area contributed by atoms with Crippen molar-refractivity contribution < 1.29 is 9.72 Å². The van der Waals surface area contributed by atoms with Crippen LogP contribution in [0.2, 0.25) is 0 Å². The normalized spacial score (nSPS) is 11.3. The summed E-state index contributed by atoms with van der Waals surface area (Å²) in [4.78, 5) is 20.7. The molecule has 4 nitrogen and oxygen atoms in total. The van der Waals surface area contributed by atoms with Crippen molar-refractivity contribution in [2.75, 3.05) is 0 Å². The third-order valence-corrected chi connectivity index (χ3v) is 2.59. The standard InChI is InChI=1S/C7H4BrNO3S/c8-5(4-10)3-6-1-2-7(13-6)9(11)12/h1-4H/b5-3-. The van der Waals surface area contributed by atoms with Gasteiger partial charge in [0.1, 0.15) is 0 Å². The highest BCUT2D eigenvalue weighted by atomic mass is 79.9. The molecule has 1 aromatic rings. The molecule has 1 aromatic heterocycles. The predicted molar refractivity (Wildman–Crippen MR) is 53.9 cm³/mol. The van der Waals surface area contributed by atoms with Gasteiger partial charge in [0.05, 0.1) is 9.41 Å². The van der Waals surface area contributed by atoms with Crippen LogP contribution in [0.25, 0.3) is 6.08 Å². The Morgan fingerprint density at radius 3 is 2.77 bits per heavy atom. The van der Waals surface area contributed by atoms with Gasteiger partial charge in [-0.1, -0.05) is 11.3 Å². The van der Waals surface area contributed by atoms with Gasteiger partial charge in [-0.25, -0.2) is 0 Å². The van der Waals surface area contributed by atoms with Crippen LogP contribution in [0.4, 0.5) is 5.00 Å². The minimum Gasteiger partial charge on any atom is -0.297 e. The van der Waals surface area contributed by atoms with E-state index in [1.54, 1.807) is 6.07 Å². The van der Waals surface area contributed by atoms with Gasteiger partial charge in [-0.3, -0.25) is 14.9 Å². The number of hydrogen-bond donors (Lipinski definition) is 0. The number of nitrogens with zero attached hydrogens (tertiary/aromatic N) is 1. The zero-order valence-corrected chi connectivity index (χ0v) is 8.67. The van der Waals surface area contributed by atoms with Crippen LogP contribution < -0.4 is 0 Å². The molecule has 0 radical (unpaired) electrons. The molecule has 0 unspecified atom stereocenters. The fourth-order valence-electron chi connectivity index (χ4n) is 0.688. The second-order valence-corrected chi connectivity index (χ2v) is 4.09. The zero-order valence-electron chi connectivity index (χ0n) is 6.27. The van der Waals surface area contributed by atoms with Crippen molar-refractivity contribution in [3.05, 3.63) is 31.6 Å². The Hall–Kier alpha value is -1.01. The molecule has 0 aromatic carbocycles. The van der Waals surface area contributed by atoms with Crippen LogP contribution in [0.5, 0.6) is 0 Å². The Kier molecular flexibility index (Phi) is 3.32. The number of halogens is 1. The van der Waals surface area contributed by atoms with Gasteiger partial charge in [-0.15, -0.1) is 0 Å². The largest absolute Gasteiger partial charge is 0.324 e. The minimum atomic E-state index is -0.461. The molecule has 1 heterocycles. The Morgan fingerprint density at radius 2 is 2.31 bits per heavy atom. The quantitative estimate of drug-likeness (QED) is 0.364. The molecule has 0 aliphatic heterocycles. The lowest BCUT2D eigenvalue weighted by atomic mass is 10.4. The molecule has 0 fully saturated rings. The van der Waals surface area contributed by atoms with E-state index in [0.29, 0.717) is 15.6 Å². The fourth-order valence-corrected chi connectivity index (χ4v) is 1.86. The number of hydrogen-bond acceptors (Lipinski definition) is 4. The molecule has 13 heavy (non-hydrogen) atoms. The summed E-state index contributed by atoms with van der Waals surface area (Å²) in [5.41, 5.74) is 0. The van der Waals surface area contributed by atoms with E-state index in [0.717, 1.165) is 11.3 Å². The minimum absolute atomic E-state index is 0.0671. The van der Waals surface area contributed by atoms with Crippen LogP contribution in [0.15, 0.2) is 16.6 Å². The van der Waals surface area contributed by atoms with E-state index in [-0.39, 0.29) is 5.00 Å². The third kappa shape index (κ3) is 2.74. The number of allylic oxidation sites excluding steroid dienone is 1. The predicted octanol–water partition coefficient (Wildman–Crippen LogP) is 2.59. The summed E-state index contributed by atoms with van der Waals surface area (Å²) < 4.78 is 0.365. The van der Waals surface area contributed by atoms with Gasteiger partial charge in [0.25, 0.3) is 0 Å². The molecule has 0 aliphatic rings. The number of thiophene rings is 1. The van der Waals surface area contributed by atoms with Gasteiger partial charge < -0.3 is 0 Å². The van der Waals surface area contributed by atoms with E-state index < -0.39 is 4.92 Å². The summed E-state index contributed by atoms with van der Waals surface area (Å²) >= 11 is 4.01. The molecule has 0 saturated carbocycles. The van der Waals surface area contributed by atoms with E-state index in [1.807, 2.05) is 0 Å². The van der Waals surface area contributed by atoms with E-state index in [4.69, 9.17) is 0 Å². The van der Waals surface area contributed by atoms with Crippen molar-refractivity contribution >= 4 is 44.6 Å². The average Bonchev–Trinajstić information content (AvgIpc) is 2.52. The highest BCUT2D eigenvalue weighted by Gasteiger charge is 2.07. The van der Waals surface area contributed by atoms with E-state index >= 15 is 0 Å². The summed E-state index contributed by atoms with van der Waals surface area (Å²) in [5.74, 6) is 0. The van der Waals surface area contributed by atoms with Crippen LogP contribution in [0.3, 0.4) is 0 Å². The molecular formula is C7H4BrNO3S. The van der Waals surface area contributed by atoms with E-state index in [1.165, 1.54) is 12.1 Å². The number of carbonyl (C=O) groups is 1. The number of carbonyl (C=O) groups excluding carboxylic acids is 1. The van der Waals surface area contributed by atoms with Crippen LogP contribution in [-0.4, -0.2) is 11.2 Å². The molecule has 0 bridgehead atoms. The second-order valence-electron chi connectivity index (χ2n) is 2.08. The lowest BCUT2D eigenvalue weighted by Crippen LogP contribution is -1.80. The highest BCUT2D eigenvalue weighted by Crippen LogP contribution is 2.26. The maximum atomic E-state index is 10.3. The van der Waals surface area contributed by atoms with Crippen molar-refractivity contribution in [3.63, 3.8) is 0 Å². The lowest BCUT2D eigenvalue weighted by Gasteiger charge is -1.83. The first-order valence-corrected chi connectivity index (χ1v) is 4.81. The summed E-state index contributed by atoms with van der Waals surface area (Å²) in [7, 11) is 0. The lowest BCUT2D eigenvalue weighted by molar-refractivity contribution is -0.380. The fraction of sp³-hybridized carbons (Fsp3) is 0. The first kappa shape index (κ1) is 10.1. The third-order valence-electron chi connectivity index (χ3n) is 1.19. The summed E-state index contributed by atoms with van der Waals surface area (Å²) in [5, 5.41) is 10.4. The Labute approximate surface area is 86.2 Å². The Balaban J connectivity index is 2.92. The molecular weight excluding hydrogens is 258 g/mol. The van der Waals surface area contributed by atoms with E-state index in [2.05, 4.69) is 15.9 Å². The van der Waals surface area contributed by atoms with Gasteiger partial charge >= 0.3 is 5.00 Å². The first-order chi connectivity index (χ1) is 6.13. The molecule has 0 aliphatic carbocycles. The molecule has 6 heteroatoms. The summed E-state index contributed by atoms with van der Waals surface area (Å²) in [6.07, 6.45) is 2.16. The molecule has 0 atom stereocenters. The van der Waals surface area contributed by atoms with Crippen molar-refractivity contribution in [2.24, 2.45) is 0 Å². The van der Waals surface area contributed by atoms with Crippen LogP contribution >= 0.6 is 27.3 Å². The molecule has 0 spiro atoms. The van der Waals surface area contributed by atoms with Gasteiger partial charge in [0.15, 0.2) is 6.29 Å². The van der Waals surface area contributed by atoms with Crippen LogP contribution in [-0.2, 0) is 4.79 Å². The highest BCUT2D eigenvalue weighted by molar-refractivity contribution is 9.12. The van der Waals surface area contributed by atoms with Gasteiger partial charge in [-0.05, 0) is 28.1 Å². The molecule has 0 saturated heterocycles. The summed E-state index contributed by atoms with van der Waals surface area (Å²) in [6, 6.07) is 3.00. The summed E-state index contributed by atoms with van der Waals surface area (Å²) in [6.45, 7) is 0.